The van der Waals surface area contributed by atoms with Crippen LogP contribution in [0.4, 0.5) is 0 Å². The number of nitrogens with one attached hydrogen (secondary N) is 1. The molecule has 0 bridgehead atoms. The summed E-state index contributed by atoms with van der Waals surface area (Å²) < 4.78 is 30.3. The highest BCUT2D eigenvalue weighted by Gasteiger charge is 2.27. The van der Waals surface area contributed by atoms with Gasteiger partial charge in [0, 0.05) is 12.8 Å². The van der Waals surface area contributed by atoms with Gasteiger partial charge in [0.15, 0.2) is 0 Å². The topological polar surface area (TPSA) is 114 Å². The van der Waals surface area contributed by atoms with Gasteiger partial charge in [-0.1, -0.05) is 270 Å². The first-order valence-electron chi connectivity index (χ1n) is 31.6. The lowest BCUT2D eigenvalue weighted by Gasteiger charge is -2.30. The lowest BCUT2D eigenvalue weighted by Crippen LogP contribution is -2.47. The van der Waals surface area contributed by atoms with Gasteiger partial charge in [-0.2, -0.15) is 0 Å². The van der Waals surface area contributed by atoms with Gasteiger partial charge in [-0.15, -0.1) is 0 Å². The minimum absolute atomic E-state index is 0.0186. The fourth-order valence-electron chi connectivity index (χ4n) is 9.46. The summed E-state index contributed by atoms with van der Waals surface area (Å²) in [5.74, 6) is -0.526. The minimum Gasteiger partial charge on any atom is -0.756 e. The van der Waals surface area contributed by atoms with Crippen molar-refractivity contribution in [2.24, 2.45) is 0 Å². The smallest absolute Gasteiger partial charge is 0.306 e. The van der Waals surface area contributed by atoms with Gasteiger partial charge >= 0.3 is 5.97 Å². The van der Waals surface area contributed by atoms with Crippen LogP contribution in [0.25, 0.3) is 0 Å². The molecule has 0 heterocycles. The van der Waals surface area contributed by atoms with Gasteiger partial charge < -0.3 is 28.5 Å². The van der Waals surface area contributed by atoms with E-state index < -0.39 is 20.0 Å². The average Bonchev–Trinajstić information content (AvgIpc) is 3.35. The number of nitrogens with zero attached hydrogens (tertiary/aromatic N) is 1. The van der Waals surface area contributed by atoms with Crippen LogP contribution in [0.15, 0.2) is 24.3 Å². The Kier molecular flexibility index (Phi) is 52.8. The number of rotatable bonds is 58. The van der Waals surface area contributed by atoms with Gasteiger partial charge in [-0.3, -0.25) is 14.2 Å². The molecular weight excluding hydrogens is 928 g/mol. The summed E-state index contributed by atoms with van der Waals surface area (Å²) >= 11 is 0. The van der Waals surface area contributed by atoms with Crippen molar-refractivity contribution in [3.63, 3.8) is 0 Å². The molecule has 10 heteroatoms. The predicted octanol–water partition coefficient (Wildman–Crippen LogP) is 18.7. The van der Waals surface area contributed by atoms with Gasteiger partial charge in [-0.05, 0) is 57.4 Å². The van der Waals surface area contributed by atoms with Crippen LogP contribution >= 0.6 is 7.82 Å². The third-order valence-corrected chi connectivity index (χ3v) is 15.3. The van der Waals surface area contributed by atoms with Crippen LogP contribution in [0.5, 0.6) is 0 Å². The van der Waals surface area contributed by atoms with E-state index in [0.717, 1.165) is 57.8 Å². The summed E-state index contributed by atoms with van der Waals surface area (Å²) in [6.45, 7) is 6.88. The molecule has 0 aromatic rings. The normalized spacial score (nSPS) is 13.8. The number of amides is 1. The Hall–Kier alpha value is -1.51. The van der Waals surface area contributed by atoms with Crippen LogP contribution in [-0.4, -0.2) is 69.4 Å². The molecule has 0 fully saturated rings. The summed E-state index contributed by atoms with van der Waals surface area (Å²) in [6, 6.07) is -0.881. The van der Waals surface area contributed by atoms with Crippen LogP contribution in [-0.2, 0) is 27.9 Å². The van der Waals surface area contributed by atoms with E-state index >= 15 is 0 Å². The molecule has 432 valence electrons. The molecule has 1 N–H and O–H groups in total. The Balaban J connectivity index is 5.14. The summed E-state index contributed by atoms with van der Waals surface area (Å²) in [5, 5.41) is 3.03. The SMILES string of the molecule is CCCCCCCC/C=C/CCCCCCCCCCCCCC(=O)OC(/C=C/CCCCCCCCCCC)C(COP(=O)([O-])OCC[N+](C)(C)C)NC(=O)CCCCCCCCCCCCCCCCC. The number of hydrogen-bond donors (Lipinski definition) is 1. The number of carbonyl (C=O) groups is 2. The Bertz CT molecular complexity index is 1300. The average molecular weight is 1050 g/mol. The minimum atomic E-state index is -4.69. The second kappa shape index (κ2) is 53.9. The molecule has 1 amide bonds. The molecule has 9 nitrogen and oxygen atoms in total. The van der Waals surface area contributed by atoms with Crippen molar-refractivity contribution in [1.29, 1.82) is 0 Å². The molecule has 3 atom stereocenters. The number of allylic oxidation sites excluding steroid dienone is 3. The van der Waals surface area contributed by atoms with Crippen LogP contribution < -0.4 is 10.2 Å². The fraction of sp³-hybridized carbons (Fsp3) is 0.905. The van der Waals surface area contributed by atoms with Gasteiger partial charge in [0.05, 0.1) is 33.8 Å². The molecule has 0 aromatic carbocycles. The van der Waals surface area contributed by atoms with Crippen molar-refractivity contribution in [2.45, 2.75) is 328 Å². The highest BCUT2D eigenvalue weighted by Crippen LogP contribution is 2.38. The van der Waals surface area contributed by atoms with E-state index in [1.54, 1.807) is 0 Å². The van der Waals surface area contributed by atoms with E-state index in [9.17, 15) is 19.0 Å². The number of hydrogen-bond acceptors (Lipinski definition) is 7. The highest BCUT2D eigenvalue weighted by molar-refractivity contribution is 7.45. The summed E-state index contributed by atoms with van der Waals surface area (Å²) in [6.07, 6.45) is 62.9. The molecule has 0 aliphatic rings. The molecule has 0 rings (SSSR count). The molecule has 0 aliphatic carbocycles. The first kappa shape index (κ1) is 71.5. The molecular formula is C63H123N2O7P. The Morgan fingerprint density at radius 3 is 1.16 bits per heavy atom. The quantitative estimate of drug-likeness (QED) is 0.0212. The van der Waals surface area contributed by atoms with E-state index in [2.05, 4.69) is 38.2 Å². The van der Waals surface area contributed by atoms with Crippen LogP contribution in [0, 0.1) is 0 Å². The summed E-state index contributed by atoms with van der Waals surface area (Å²) in [7, 11) is 1.20. The van der Waals surface area contributed by atoms with Gasteiger partial charge in [-0.25, -0.2) is 0 Å². The van der Waals surface area contributed by atoms with Crippen molar-refractivity contribution in [3.05, 3.63) is 24.3 Å². The number of likely N-dealkylation sites (N-methyl/N-ethyl adjacent to an activating group) is 1. The third kappa shape index (κ3) is 55.1. The van der Waals surface area contributed by atoms with Crippen molar-refractivity contribution < 1.29 is 37.3 Å². The second-order valence-corrected chi connectivity index (χ2v) is 24.3. The van der Waals surface area contributed by atoms with E-state index in [1.807, 2.05) is 33.3 Å². The molecule has 0 saturated heterocycles. The molecule has 0 saturated carbocycles. The third-order valence-electron chi connectivity index (χ3n) is 14.4. The zero-order valence-electron chi connectivity index (χ0n) is 49.4. The molecule has 0 aliphatic heterocycles. The lowest BCUT2D eigenvalue weighted by molar-refractivity contribution is -0.870. The maximum absolute atomic E-state index is 13.5. The zero-order chi connectivity index (χ0) is 53.6. The van der Waals surface area contributed by atoms with Crippen molar-refractivity contribution in [3.8, 4) is 0 Å². The first-order chi connectivity index (χ1) is 35.4. The number of phosphoric acid groups is 1. The Labute approximate surface area is 454 Å². The van der Waals surface area contributed by atoms with Crippen molar-refractivity contribution in [1.82, 2.24) is 5.32 Å². The van der Waals surface area contributed by atoms with E-state index in [4.69, 9.17) is 13.8 Å². The first-order valence-corrected chi connectivity index (χ1v) is 33.1. The maximum atomic E-state index is 13.5. The molecule has 0 radical (unpaired) electrons. The largest absolute Gasteiger partial charge is 0.756 e. The number of carbonyl (C=O) groups excluding carboxylic acids is 2. The second-order valence-electron chi connectivity index (χ2n) is 22.9. The monoisotopic (exact) mass is 1050 g/mol. The van der Waals surface area contributed by atoms with Crippen LogP contribution in [0.1, 0.15) is 316 Å². The number of phosphoric ester groups is 1. The lowest BCUT2D eigenvalue weighted by atomic mass is 10.0. The van der Waals surface area contributed by atoms with E-state index in [1.165, 1.54) is 225 Å². The van der Waals surface area contributed by atoms with Gasteiger partial charge in [0.1, 0.15) is 19.3 Å². The van der Waals surface area contributed by atoms with Gasteiger partial charge in [0.25, 0.3) is 7.82 Å². The van der Waals surface area contributed by atoms with E-state index in [-0.39, 0.29) is 31.5 Å². The Morgan fingerprint density at radius 1 is 0.466 bits per heavy atom. The highest BCUT2D eigenvalue weighted by atomic mass is 31.2. The fourth-order valence-corrected chi connectivity index (χ4v) is 10.2. The standard InChI is InChI=1S/C63H123N2O7P/c1-7-10-13-16-19-22-25-27-29-30-31-32-33-34-36-38-41-44-47-50-53-56-63(67)72-61(54-51-48-45-42-39-24-21-18-15-12-9-3)60(59-71-73(68,69)70-58-57-65(4,5)6)64-62(66)55-52-49-46-43-40-37-35-28-26-23-20-17-14-11-8-2/h27,29,51,54,60-61H,7-26,28,30-50,52-53,55-59H2,1-6H3,(H-,64,66,68,69)/b29-27+,54-51+. The molecule has 73 heavy (non-hydrogen) atoms. The van der Waals surface area contributed by atoms with Crippen molar-refractivity contribution in [2.75, 3.05) is 40.9 Å². The maximum Gasteiger partial charge on any atom is 0.306 e. The number of unbranched alkanes of at least 4 members (excludes halogenated alkanes) is 40. The summed E-state index contributed by atoms with van der Waals surface area (Å²) in [4.78, 5) is 39.9. The Morgan fingerprint density at radius 2 is 0.795 bits per heavy atom. The number of quaternary nitrogens is 1. The van der Waals surface area contributed by atoms with Crippen LogP contribution in [0.3, 0.4) is 0 Å². The number of esters is 1. The molecule has 0 spiro atoms. The molecule has 3 unspecified atom stereocenters. The predicted molar refractivity (Wildman–Crippen MR) is 312 cm³/mol. The summed E-state index contributed by atoms with van der Waals surface area (Å²) in [5.41, 5.74) is 0. The van der Waals surface area contributed by atoms with E-state index in [0.29, 0.717) is 17.4 Å². The van der Waals surface area contributed by atoms with Gasteiger partial charge in [0.2, 0.25) is 5.91 Å². The molecule has 0 aromatic heterocycles. The number of ether oxygens (including phenoxy) is 1. The zero-order valence-corrected chi connectivity index (χ0v) is 50.3. The van der Waals surface area contributed by atoms with Crippen LogP contribution in [0.2, 0.25) is 0 Å². The van der Waals surface area contributed by atoms with Crippen molar-refractivity contribution >= 4 is 19.7 Å².